The average Bonchev–Trinajstić information content (AvgIpc) is 3.44. The van der Waals surface area contributed by atoms with Gasteiger partial charge in [0.2, 0.25) is 0 Å². The molecule has 0 unspecified atom stereocenters. The van der Waals surface area contributed by atoms with Crippen LogP contribution < -0.4 is 0 Å². The minimum Gasteiger partial charge on any atom is -0.478 e. The van der Waals surface area contributed by atoms with Crippen LogP contribution in [0.25, 0.3) is 22.6 Å². The second-order valence-corrected chi connectivity index (χ2v) is 10.4. The molecule has 4 rings (SSSR count). The maximum absolute atomic E-state index is 13.9. The van der Waals surface area contributed by atoms with Gasteiger partial charge >= 0.3 is 11.9 Å². The predicted octanol–water partition coefficient (Wildman–Crippen LogP) is 5.89. The number of rotatable bonds is 7. The highest BCUT2D eigenvalue weighted by Crippen LogP contribution is 2.39. The molecular weight excluding hydrogens is 529 g/mol. The van der Waals surface area contributed by atoms with Gasteiger partial charge in [-0.2, -0.15) is 0 Å². The van der Waals surface area contributed by atoms with Crippen molar-refractivity contribution in [1.82, 2.24) is 3.97 Å². The van der Waals surface area contributed by atoms with Gasteiger partial charge in [0.25, 0.3) is 10.0 Å². The van der Waals surface area contributed by atoms with E-state index in [1.807, 2.05) is 0 Å². The monoisotopic (exact) mass is 547 g/mol. The number of carboxylic acids is 1. The maximum atomic E-state index is 13.9. The summed E-state index contributed by atoms with van der Waals surface area (Å²) in [6.45, 7) is 3.31. The fraction of sp³-hybridized carbons (Fsp3) is 0.120. The number of aliphatic carboxylic acids is 1. The fourth-order valence-corrected chi connectivity index (χ4v) is 5.86. The number of carbonyl (C=O) groups excluding carboxylic acids is 1. The van der Waals surface area contributed by atoms with Crippen LogP contribution >= 0.6 is 23.2 Å². The van der Waals surface area contributed by atoms with E-state index in [2.05, 4.69) is 0 Å². The Morgan fingerprint density at radius 3 is 2.42 bits per heavy atom. The molecule has 1 N–H and O–H groups in total. The van der Waals surface area contributed by atoms with Crippen LogP contribution in [-0.2, 0) is 19.6 Å². The summed E-state index contributed by atoms with van der Waals surface area (Å²) in [6.07, 6.45) is 3.67. The van der Waals surface area contributed by atoms with Crippen molar-refractivity contribution in [2.45, 2.75) is 18.7 Å². The van der Waals surface area contributed by atoms with Crippen LogP contribution in [0.2, 0.25) is 10.0 Å². The fourth-order valence-electron chi connectivity index (χ4n) is 3.76. The second-order valence-electron chi connectivity index (χ2n) is 7.72. The summed E-state index contributed by atoms with van der Waals surface area (Å²) < 4.78 is 38.8. The largest absolute Gasteiger partial charge is 0.478 e. The summed E-state index contributed by atoms with van der Waals surface area (Å²) >= 11 is 12.7. The lowest BCUT2D eigenvalue weighted by Crippen LogP contribution is -2.20. The molecule has 2 aromatic carbocycles. The number of furan rings is 1. The number of halogens is 2. The van der Waals surface area contributed by atoms with Gasteiger partial charge in [-0.05, 0) is 50.3 Å². The van der Waals surface area contributed by atoms with Crippen molar-refractivity contribution in [3.63, 3.8) is 0 Å². The van der Waals surface area contributed by atoms with Crippen molar-refractivity contribution >= 4 is 67.7 Å². The topological polar surface area (TPSA) is 116 Å². The molecule has 36 heavy (non-hydrogen) atoms. The summed E-state index contributed by atoms with van der Waals surface area (Å²) in [6, 6.07) is 10.2. The molecule has 0 atom stereocenters. The molecule has 0 amide bonds. The molecule has 8 nitrogen and oxygen atoms in total. The summed E-state index contributed by atoms with van der Waals surface area (Å²) in [5, 5.41) is 10.1. The van der Waals surface area contributed by atoms with Crippen molar-refractivity contribution in [2.75, 3.05) is 6.61 Å². The molecule has 0 aliphatic heterocycles. The Labute approximate surface area is 216 Å². The first-order valence-corrected chi connectivity index (χ1v) is 12.8. The number of hydrogen-bond donors (Lipinski definition) is 1. The average molecular weight is 548 g/mol. The van der Waals surface area contributed by atoms with E-state index in [4.69, 9.17) is 32.4 Å². The van der Waals surface area contributed by atoms with Gasteiger partial charge in [0.1, 0.15) is 0 Å². The van der Waals surface area contributed by atoms with Gasteiger partial charge in [-0.1, -0.05) is 40.9 Å². The van der Waals surface area contributed by atoms with Gasteiger partial charge in [0, 0.05) is 21.5 Å². The molecule has 0 saturated heterocycles. The molecule has 186 valence electrons. The summed E-state index contributed by atoms with van der Waals surface area (Å²) in [7, 11) is -4.40. The third-order valence-corrected chi connectivity index (χ3v) is 7.60. The first-order valence-electron chi connectivity index (χ1n) is 10.6. The summed E-state index contributed by atoms with van der Waals surface area (Å²) in [4.78, 5) is 25.3. The lowest BCUT2D eigenvalue weighted by Gasteiger charge is -2.12. The van der Waals surface area contributed by atoms with Crippen molar-refractivity contribution < 1.29 is 32.3 Å². The zero-order valence-corrected chi connectivity index (χ0v) is 21.3. The van der Waals surface area contributed by atoms with Crippen LogP contribution in [0.5, 0.6) is 0 Å². The van der Waals surface area contributed by atoms with Crippen molar-refractivity contribution in [1.29, 1.82) is 0 Å². The Bertz CT molecular complexity index is 1620. The number of aromatic nitrogens is 1. The van der Waals surface area contributed by atoms with Gasteiger partial charge in [-0.15, -0.1) is 0 Å². The minimum absolute atomic E-state index is 0.0145. The van der Waals surface area contributed by atoms with Crippen LogP contribution in [0, 0.1) is 6.92 Å². The van der Waals surface area contributed by atoms with E-state index in [0.29, 0.717) is 0 Å². The number of benzene rings is 2. The van der Waals surface area contributed by atoms with Crippen LogP contribution in [0.1, 0.15) is 34.1 Å². The Kier molecular flexibility index (Phi) is 6.99. The number of aryl methyl sites for hydroxylation is 1. The van der Waals surface area contributed by atoms with Crippen molar-refractivity contribution in [2.24, 2.45) is 0 Å². The zero-order chi connectivity index (χ0) is 26.2. The standard InChI is InChI=1S/C25H19Cl2NO7S/c1-3-35-25(31)23-19(12-18(24(29)30)15-8-9-34-13-15)22-20(27)10-16(26)11-21(22)28(23)36(32,33)17-6-4-14(2)5-7-17/h4-13H,3H2,1-2H3,(H,29,30). The Morgan fingerprint density at radius 1 is 1.14 bits per heavy atom. The SMILES string of the molecule is CCOC(=O)c1c(C=C(C(=O)O)c2ccoc2)c2c(Cl)cc(Cl)cc2n1S(=O)(=O)c1ccc(C)cc1. The van der Waals surface area contributed by atoms with Crippen LogP contribution in [0.15, 0.2) is 64.3 Å². The number of carbonyl (C=O) groups is 2. The third-order valence-electron chi connectivity index (χ3n) is 5.36. The zero-order valence-electron chi connectivity index (χ0n) is 19.0. The Balaban J connectivity index is 2.19. The van der Waals surface area contributed by atoms with Gasteiger partial charge in [0.05, 0.1) is 40.1 Å². The first kappa shape index (κ1) is 25.6. The van der Waals surface area contributed by atoms with E-state index in [1.165, 1.54) is 48.9 Å². The molecular formula is C25H19Cl2NO7S. The van der Waals surface area contributed by atoms with E-state index in [1.54, 1.807) is 26.0 Å². The van der Waals surface area contributed by atoms with E-state index in [0.717, 1.165) is 9.54 Å². The highest BCUT2D eigenvalue weighted by Gasteiger charge is 2.33. The Hall–Kier alpha value is -3.53. The molecule has 11 heteroatoms. The molecule has 0 bridgehead atoms. The highest BCUT2D eigenvalue weighted by atomic mass is 35.5. The van der Waals surface area contributed by atoms with E-state index >= 15 is 0 Å². The molecule has 4 aromatic rings. The van der Waals surface area contributed by atoms with Crippen LogP contribution in [0.4, 0.5) is 0 Å². The van der Waals surface area contributed by atoms with E-state index in [-0.39, 0.29) is 49.2 Å². The molecule has 0 aliphatic carbocycles. The van der Waals surface area contributed by atoms with Gasteiger partial charge in [-0.25, -0.2) is 22.0 Å². The summed E-state index contributed by atoms with van der Waals surface area (Å²) in [5.41, 5.74) is 0.284. The number of hydrogen-bond acceptors (Lipinski definition) is 6. The lowest BCUT2D eigenvalue weighted by atomic mass is 10.0. The van der Waals surface area contributed by atoms with Crippen molar-refractivity contribution in [3.05, 3.63) is 87.4 Å². The van der Waals surface area contributed by atoms with Crippen LogP contribution in [-0.4, -0.2) is 36.0 Å². The molecule has 0 fully saturated rings. The maximum Gasteiger partial charge on any atom is 0.356 e. The number of ether oxygens (including phenoxy) is 1. The lowest BCUT2D eigenvalue weighted by molar-refractivity contribution is -0.130. The summed E-state index contributed by atoms with van der Waals surface area (Å²) in [5.74, 6) is -2.32. The number of carboxylic acid groups (broad SMARTS) is 1. The highest BCUT2D eigenvalue weighted by molar-refractivity contribution is 7.90. The second kappa shape index (κ2) is 9.85. The molecule has 0 radical (unpaired) electrons. The molecule has 0 aliphatic rings. The van der Waals surface area contributed by atoms with Gasteiger partial charge in [-0.3, -0.25) is 0 Å². The minimum atomic E-state index is -4.40. The molecule has 2 heterocycles. The van der Waals surface area contributed by atoms with Crippen molar-refractivity contribution in [3.8, 4) is 0 Å². The smallest absolute Gasteiger partial charge is 0.356 e. The number of nitrogens with zero attached hydrogens (tertiary/aromatic N) is 1. The van der Waals surface area contributed by atoms with E-state index in [9.17, 15) is 23.1 Å². The molecule has 0 saturated carbocycles. The normalized spacial score (nSPS) is 12.2. The van der Waals surface area contributed by atoms with Crippen LogP contribution in [0.3, 0.4) is 0 Å². The quantitative estimate of drug-likeness (QED) is 0.226. The van der Waals surface area contributed by atoms with E-state index < -0.39 is 27.7 Å². The molecule has 0 spiro atoms. The third kappa shape index (κ3) is 4.53. The predicted molar refractivity (Wildman–Crippen MR) is 136 cm³/mol. The number of esters is 1. The number of fused-ring (bicyclic) bond motifs is 1. The Morgan fingerprint density at radius 2 is 1.83 bits per heavy atom. The first-order chi connectivity index (χ1) is 17.1. The van der Waals surface area contributed by atoms with Gasteiger partial charge in [0.15, 0.2) is 5.69 Å². The van der Waals surface area contributed by atoms with Gasteiger partial charge < -0.3 is 14.3 Å². The molecule has 2 aromatic heterocycles.